The summed E-state index contributed by atoms with van der Waals surface area (Å²) in [6.07, 6.45) is 6.94. The molecule has 2 aliphatic heterocycles. The predicted molar refractivity (Wildman–Crippen MR) is 73.4 cm³/mol. The average molecular weight is 239 g/mol. The van der Waals surface area contributed by atoms with E-state index in [1.807, 2.05) is 0 Å². The summed E-state index contributed by atoms with van der Waals surface area (Å²) in [6.45, 7) is 6.45. The van der Waals surface area contributed by atoms with Crippen molar-refractivity contribution in [2.75, 3.05) is 46.8 Å². The molecule has 0 aromatic carbocycles. The molecule has 0 aliphatic carbocycles. The van der Waals surface area contributed by atoms with Crippen LogP contribution < -0.4 is 5.32 Å². The summed E-state index contributed by atoms with van der Waals surface area (Å²) in [6, 6.07) is 0.824. The van der Waals surface area contributed by atoms with Crippen molar-refractivity contribution in [3.8, 4) is 0 Å². The maximum atomic E-state index is 3.45. The second-order valence-electron chi connectivity index (χ2n) is 6.02. The van der Waals surface area contributed by atoms with E-state index in [0.717, 1.165) is 12.0 Å². The zero-order chi connectivity index (χ0) is 12.1. The first-order chi connectivity index (χ1) is 8.25. The van der Waals surface area contributed by atoms with Crippen molar-refractivity contribution in [1.82, 2.24) is 15.1 Å². The van der Waals surface area contributed by atoms with Gasteiger partial charge in [0.1, 0.15) is 0 Å². The SMILES string of the molecule is CN(C)C1CCN(CCC2CCNCC2)CC1. The number of hydrogen-bond acceptors (Lipinski definition) is 3. The maximum Gasteiger partial charge on any atom is 0.0113 e. The van der Waals surface area contributed by atoms with Crippen LogP contribution in [0.2, 0.25) is 0 Å². The van der Waals surface area contributed by atoms with Gasteiger partial charge in [0.25, 0.3) is 0 Å². The fourth-order valence-corrected chi connectivity index (χ4v) is 3.19. The van der Waals surface area contributed by atoms with Gasteiger partial charge in [-0.1, -0.05) is 0 Å². The zero-order valence-electron chi connectivity index (χ0n) is 11.6. The highest BCUT2D eigenvalue weighted by atomic mass is 15.2. The highest BCUT2D eigenvalue weighted by Crippen LogP contribution is 2.19. The monoisotopic (exact) mass is 239 g/mol. The van der Waals surface area contributed by atoms with Crippen LogP contribution in [0.25, 0.3) is 0 Å². The van der Waals surface area contributed by atoms with Crippen molar-refractivity contribution in [3.63, 3.8) is 0 Å². The first kappa shape index (κ1) is 13.3. The Balaban J connectivity index is 1.61. The molecule has 0 atom stereocenters. The van der Waals surface area contributed by atoms with E-state index in [1.54, 1.807) is 0 Å². The summed E-state index contributed by atoms with van der Waals surface area (Å²) < 4.78 is 0. The molecule has 17 heavy (non-hydrogen) atoms. The lowest BCUT2D eigenvalue weighted by Gasteiger charge is -2.36. The molecular weight excluding hydrogens is 210 g/mol. The summed E-state index contributed by atoms with van der Waals surface area (Å²) in [7, 11) is 4.44. The van der Waals surface area contributed by atoms with E-state index >= 15 is 0 Å². The standard InChI is InChI=1S/C14H29N3/c1-16(2)14-6-11-17(12-7-14)10-5-13-3-8-15-9-4-13/h13-15H,3-12H2,1-2H3. The Hall–Kier alpha value is -0.120. The van der Waals surface area contributed by atoms with E-state index in [2.05, 4.69) is 29.2 Å². The van der Waals surface area contributed by atoms with Gasteiger partial charge in [-0.15, -0.1) is 0 Å². The molecule has 0 amide bonds. The van der Waals surface area contributed by atoms with Gasteiger partial charge in [0.15, 0.2) is 0 Å². The van der Waals surface area contributed by atoms with Crippen LogP contribution in [0.1, 0.15) is 32.1 Å². The quantitative estimate of drug-likeness (QED) is 0.800. The second kappa shape index (κ2) is 6.72. The van der Waals surface area contributed by atoms with Gasteiger partial charge in [0.2, 0.25) is 0 Å². The Labute approximate surface area is 107 Å². The van der Waals surface area contributed by atoms with Gasteiger partial charge >= 0.3 is 0 Å². The molecule has 0 aromatic rings. The third-order valence-electron chi connectivity index (χ3n) is 4.60. The normalized spacial score (nSPS) is 25.6. The molecule has 3 heteroatoms. The van der Waals surface area contributed by atoms with Crippen LogP contribution in [0, 0.1) is 5.92 Å². The molecule has 0 spiro atoms. The summed E-state index contributed by atoms with van der Waals surface area (Å²) >= 11 is 0. The fraction of sp³-hybridized carbons (Fsp3) is 1.00. The Bertz CT molecular complexity index is 204. The predicted octanol–water partition coefficient (Wildman–Crippen LogP) is 1.40. The molecule has 2 heterocycles. The molecule has 2 saturated heterocycles. The molecule has 1 N–H and O–H groups in total. The minimum Gasteiger partial charge on any atom is -0.317 e. The smallest absolute Gasteiger partial charge is 0.0113 e. The van der Waals surface area contributed by atoms with E-state index in [1.165, 1.54) is 64.8 Å². The molecule has 0 saturated carbocycles. The first-order valence-electron chi connectivity index (χ1n) is 7.35. The van der Waals surface area contributed by atoms with Crippen LogP contribution in [0.4, 0.5) is 0 Å². The van der Waals surface area contributed by atoms with Crippen LogP contribution in [0.15, 0.2) is 0 Å². The van der Waals surface area contributed by atoms with Crippen molar-refractivity contribution >= 4 is 0 Å². The fourth-order valence-electron chi connectivity index (χ4n) is 3.19. The number of nitrogens with zero attached hydrogens (tertiary/aromatic N) is 2. The molecule has 0 bridgehead atoms. The van der Waals surface area contributed by atoms with Crippen LogP contribution in [0.3, 0.4) is 0 Å². The molecular formula is C14H29N3. The van der Waals surface area contributed by atoms with Crippen molar-refractivity contribution in [2.24, 2.45) is 5.92 Å². The van der Waals surface area contributed by atoms with Crippen molar-refractivity contribution < 1.29 is 0 Å². The van der Waals surface area contributed by atoms with Crippen molar-refractivity contribution in [1.29, 1.82) is 0 Å². The Kier molecular flexibility index (Phi) is 5.26. The lowest BCUT2D eigenvalue weighted by molar-refractivity contribution is 0.136. The second-order valence-corrected chi connectivity index (χ2v) is 6.02. The van der Waals surface area contributed by atoms with E-state index in [9.17, 15) is 0 Å². The summed E-state index contributed by atoms with van der Waals surface area (Å²) in [4.78, 5) is 5.08. The largest absolute Gasteiger partial charge is 0.317 e. The van der Waals surface area contributed by atoms with E-state index < -0.39 is 0 Å². The number of hydrogen-bond donors (Lipinski definition) is 1. The Morgan fingerprint density at radius 2 is 1.71 bits per heavy atom. The van der Waals surface area contributed by atoms with Gasteiger partial charge in [-0.05, 0) is 84.8 Å². The number of nitrogens with one attached hydrogen (secondary N) is 1. The van der Waals surface area contributed by atoms with Crippen LogP contribution in [-0.4, -0.2) is 62.7 Å². The van der Waals surface area contributed by atoms with Crippen LogP contribution >= 0.6 is 0 Å². The molecule has 0 aromatic heterocycles. The van der Waals surface area contributed by atoms with Gasteiger partial charge < -0.3 is 15.1 Å². The minimum absolute atomic E-state index is 0.824. The van der Waals surface area contributed by atoms with Crippen LogP contribution in [0.5, 0.6) is 0 Å². The van der Waals surface area contributed by atoms with Crippen molar-refractivity contribution in [3.05, 3.63) is 0 Å². The molecule has 3 nitrogen and oxygen atoms in total. The topological polar surface area (TPSA) is 18.5 Å². The Morgan fingerprint density at radius 1 is 1.06 bits per heavy atom. The van der Waals surface area contributed by atoms with E-state index in [-0.39, 0.29) is 0 Å². The minimum atomic E-state index is 0.824. The number of rotatable bonds is 4. The highest BCUT2D eigenvalue weighted by Gasteiger charge is 2.21. The highest BCUT2D eigenvalue weighted by molar-refractivity contribution is 4.78. The maximum absolute atomic E-state index is 3.45. The lowest BCUT2D eigenvalue weighted by atomic mass is 9.94. The number of piperidine rings is 2. The van der Waals surface area contributed by atoms with Crippen LogP contribution in [-0.2, 0) is 0 Å². The van der Waals surface area contributed by atoms with E-state index in [4.69, 9.17) is 0 Å². The third kappa shape index (κ3) is 4.23. The summed E-state index contributed by atoms with van der Waals surface area (Å²) in [5, 5.41) is 3.45. The molecule has 0 unspecified atom stereocenters. The molecule has 2 rings (SSSR count). The first-order valence-corrected chi connectivity index (χ1v) is 7.35. The van der Waals surface area contributed by atoms with Gasteiger partial charge in [-0.3, -0.25) is 0 Å². The summed E-state index contributed by atoms with van der Waals surface area (Å²) in [5.41, 5.74) is 0. The lowest BCUT2D eigenvalue weighted by Crippen LogP contribution is -2.42. The average Bonchev–Trinajstić information content (AvgIpc) is 2.38. The Morgan fingerprint density at radius 3 is 2.29 bits per heavy atom. The molecule has 0 radical (unpaired) electrons. The number of likely N-dealkylation sites (tertiary alicyclic amines) is 1. The van der Waals surface area contributed by atoms with Gasteiger partial charge in [-0.2, -0.15) is 0 Å². The van der Waals surface area contributed by atoms with Crippen molar-refractivity contribution in [2.45, 2.75) is 38.1 Å². The third-order valence-corrected chi connectivity index (χ3v) is 4.60. The summed E-state index contributed by atoms with van der Waals surface area (Å²) in [5.74, 6) is 0.989. The van der Waals surface area contributed by atoms with E-state index in [0.29, 0.717) is 0 Å². The molecule has 2 aliphatic rings. The molecule has 100 valence electrons. The van der Waals surface area contributed by atoms with Gasteiger partial charge in [0.05, 0.1) is 0 Å². The molecule has 2 fully saturated rings. The van der Waals surface area contributed by atoms with Gasteiger partial charge in [0, 0.05) is 6.04 Å². The van der Waals surface area contributed by atoms with Gasteiger partial charge in [-0.25, -0.2) is 0 Å². The zero-order valence-corrected chi connectivity index (χ0v) is 11.6.